The van der Waals surface area contributed by atoms with Crippen LogP contribution in [0.5, 0.6) is 0 Å². The molecule has 1 fully saturated rings. The van der Waals surface area contributed by atoms with E-state index in [2.05, 4.69) is 10.6 Å². The molecule has 14 heavy (non-hydrogen) atoms. The van der Waals surface area contributed by atoms with Crippen molar-refractivity contribution in [2.24, 2.45) is 5.92 Å². The van der Waals surface area contributed by atoms with Crippen molar-refractivity contribution >= 4 is 17.7 Å². The zero-order valence-corrected chi connectivity index (χ0v) is 9.82. The molecule has 0 saturated carbocycles. The van der Waals surface area contributed by atoms with Crippen LogP contribution >= 0.6 is 11.8 Å². The number of nitrogens with one attached hydrogen (secondary N) is 2. The number of amides is 1. The van der Waals surface area contributed by atoms with Crippen molar-refractivity contribution in [3.8, 4) is 0 Å². The maximum atomic E-state index is 11.3. The van der Waals surface area contributed by atoms with E-state index in [0.717, 1.165) is 6.54 Å². The number of carbonyl (C=O) groups is 1. The summed E-state index contributed by atoms with van der Waals surface area (Å²) < 4.78 is 0. The second-order valence-corrected chi connectivity index (χ2v) is 5.22. The second kappa shape index (κ2) is 6.30. The highest BCUT2D eigenvalue weighted by atomic mass is 32.2. The highest BCUT2D eigenvalue weighted by molar-refractivity contribution is 7.99. The molecular weight excluding hydrogens is 196 g/mol. The molecule has 1 saturated heterocycles. The van der Waals surface area contributed by atoms with Gasteiger partial charge in [0.15, 0.2) is 0 Å². The summed E-state index contributed by atoms with van der Waals surface area (Å²) in [6, 6.07) is 0.378. The standard InChI is InChI=1S/C10H20N2OS/c1-8(2)11-6-10(13)12-5-9-3-4-14-7-9/h8-9,11H,3-7H2,1-2H3,(H,12,13). The molecule has 1 unspecified atom stereocenters. The zero-order chi connectivity index (χ0) is 10.4. The molecule has 0 aromatic carbocycles. The second-order valence-electron chi connectivity index (χ2n) is 4.07. The summed E-state index contributed by atoms with van der Waals surface area (Å²) >= 11 is 1.99. The van der Waals surface area contributed by atoms with Crippen molar-refractivity contribution in [1.82, 2.24) is 10.6 Å². The van der Waals surface area contributed by atoms with Gasteiger partial charge in [-0.15, -0.1) is 0 Å². The van der Waals surface area contributed by atoms with Crippen molar-refractivity contribution in [3.05, 3.63) is 0 Å². The molecule has 2 N–H and O–H groups in total. The predicted molar refractivity (Wildman–Crippen MR) is 61.6 cm³/mol. The van der Waals surface area contributed by atoms with Crippen LogP contribution in [-0.4, -0.2) is 36.5 Å². The van der Waals surface area contributed by atoms with Gasteiger partial charge in [0.25, 0.3) is 0 Å². The van der Waals surface area contributed by atoms with E-state index in [-0.39, 0.29) is 5.91 Å². The molecule has 1 heterocycles. The minimum atomic E-state index is 0.121. The lowest BCUT2D eigenvalue weighted by Gasteiger charge is -2.11. The molecule has 0 bridgehead atoms. The van der Waals surface area contributed by atoms with E-state index in [1.165, 1.54) is 17.9 Å². The Balaban J connectivity index is 2.02. The Hall–Kier alpha value is -0.220. The Labute approximate surface area is 90.4 Å². The van der Waals surface area contributed by atoms with Gasteiger partial charge in [0.2, 0.25) is 5.91 Å². The van der Waals surface area contributed by atoms with Crippen molar-refractivity contribution in [2.45, 2.75) is 26.3 Å². The van der Waals surface area contributed by atoms with Crippen LogP contribution in [-0.2, 0) is 4.79 Å². The van der Waals surface area contributed by atoms with Gasteiger partial charge in [0.1, 0.15) is 0 Å². The topological polar surface area (TPSA) is 41.1 Å². The number of thioether (sulfide) groups is 1. The Morgan fingerprint density at radius 2 is 2.36 bits per heavy atom. The van der Waals surface area contributed by atoms with Gasteiger partial charge in [-0.3, -0.25) is 4.79 Å². The molecule has 1 aliphatic heterocycles. The fourth-order valence-electron chi connectivity index (χ4n) is 1.36. The maximum Gasteiger partial charge on any atom is 0.233 e. The van der Waals surface area contributed by atoms with Crippen LogP contribution in [0.1, 0.15) is 20.3 Å². The summed E-state index contributed by atoms with van der Waals surface area (Å²) in [5, 5.41) is 6.07. The average molecular weight is 216 g/mol. The molecule has 1 rings (SSSR count). The Kier molecular flexibility index (Phi) is 5.33. The quantitative estimate of drug-likeness (QED) is 0.716. The van der Waals surface area contributed by atoms with Gasteiger partial charge in [-0.05, 0) is 23.8 Å². The van der Waals surface area contributed by atoms with Crippen molar-refractivity contribution in [1.29, 1.82) is 0 Å². The molecule has 1 amide bonds. The van der Waals surface area contributed by atoms with Crippen LogP contribution in [0.4, 0.5) is 0 Å². The minimum absolute atomic E-state index is 0.121. The lowest BCUT2D eigenvalue weighted by atomic mass is 10.1. The summed E-state index contributed by atoms with van der Waals surface area (Å²) in [4.78, 5) is 11.3. The highest BCUT2D eigenvalue weighted by Gasteiger charge is 2.15. The van der Waals surface area contributed by atoms with E-state index in [1.807, 2.05) is 25.6 Å². The van der Waals surface area contributed by atoms with Crippen molar-refractivity contribution in [3.63, 3.8) is 0 Å². The van der Waals surface area contributed by atoms with E-state index in [9.17, 15) is 4.79 Å². The minimum Gasteiger partial charge on any atom is -0.355 e. The molecule has 0 aromatic rings. The first-order valence-corrected chi connectivity index (χ1v) is 6.41. The first-order valence-electron chi connectivity index (χ1n) is 5.26. The van der Waals surface area contributed by atoms with E-state index < -0.39 is 0 Å². The van der Waals surface area contributed by atoms with Gasteiger partial charge in [-0.1, -0.05) is 13.8 Å². The molecular formula is C10H20N2OS. The zero-order valence-electron chi connectivity index (χ0n) is 9.01. The Bertz CT molecular complexity index is 179. The Morgan fingerprint density at radius 1 is 1.57 bits per heavy atom. The lowest BCUT2D eigenvalue weighted by Crippen LogP contribution is -2.38. The van der Waals surface area contributed by atoms with Gasteiger partial charge in [-0.2, -0.15) is 11.8 Å². The van der Waals surface area contributed by atoms with Crippen LogP contribution in [0.15, 0.2) is 0 Å². The van der Waals surface area contributed by atoms with Crippen LogP contribution in [0.3, 0.4) is 0 Å². The number of rotatable bonds is 5. The SMILES string of the molecule is CC(C)NCC(=O)NCC1CCSC1. The summed E-state index contributed by atoms with van der Waals surface area (Å²) in [6.07, 6.45) is 1.25. The molecule has 4 heteroatoms. The van der Waals surface area contributed by atoms with Crippen molar-refractivity contribution in [2.75, 3.05) is 24.6 Å². The molecule has 0 radical (unpaired) electrons. The average Bonchev–Trinajstić information content (AvgIpc) is 2.63. The lowest BCUT2D eigenvalue weighted by molar-refractivity contribution is -0.120. The van der Waals surface area contributed by atoms with Crippen LogP contribution < -0.4 is 10.6 Å². The van der Waals surface area contributed by atoms with E-state index >= 15 is 0 Å². The highest BCUT2D eigenvalue weighted by Crippen LogP contribution is 2.22. The summed E-state index contributed by atoms with van der Waals surface area (Å²) in [5.74, 6) is 3.28. The van der Waals surface area contributed by atoms with E-state index in [4.69, 9.17) is 0 Å². The monoisotopic (exact) mass is 216 g/mol. The van der Waals surface area contributed by atoms with Gasteiger partial charge >= 0.3 is 0 Å². The number of hydrogen-bond acceptors (Lipinski definition) is 3. The molecule has 0 aromatic heterocycles. The van der Waals surface area contributed by atoms with Crippen LogP contribution in [0.2, 0.25) is 0 Å². The third-order valence-electron chi connectivity index (χ3n) is 2.28. The van der Waals surface area contributed by atoms with E-state index in [1.54, 1.807) is 0 Å². The fraction of sp³-hybridized carbons (Fsp3) is 0.900. The molecule has 1 atom stereocenters. The smallest absolute Gasteiger partial charge is 0.233 e. The van der Waals surface area contributed by atoms with Gasteiger partial charge in [-0.25, -0.2) is 0 Å². The summed E-state index contributed by atoms with van der Waals surface area (Å²) in [6.45, 7) is 5.38. The van der Waals surface area contributed by atoms with Crippen LogP contribution in [0, 0.1) is 5.92 Å². The van der Waals surface area contributed by atoms with E-state index in [0.29, 0.717) is 18.5 Å². The number of hydrogen-bond donors (Lipinski definition) is 2. The third kappa shape index (κ3) is 4.86. The molecule has 1 aliphatic rings. The molecule has 82 valence electrons. The molecule has 3 nitrogen and oxygen atoms in total. The summed E-state index contributed by atoms with van der Waals surface area (Å²) in [7, 11) is 0. The summed E-state index contributed by atoms with van der Waals surface area (Å²) in [5.41, 5.74) is 0. The van der Waals surface area contributed by atoms with Gasteiger partial charge in [0, 0.05) is 12.6 Å². The van der Waals surface area contributed by atoms with Crippen LogP contribution in [0.25, 0.3) is 0 Å². The number of carbonyl (C=O) groups excluding carboxylic acids is 1. The maximum absolute atomic E-state index is 11.3. The third-order valence-corrected chi connectivity index (χ3v) is 3.51. The first-order chi connectivity index (χ1) is 6.68. The largest absolute Gasteiger partial charge is 0.355 e. The molecule has 0 aliphatic carbocycles. The fourth-order valence-corrected chi connectivity index (χ4v) is 2.65. The van der Waals surface area contributed by atoms with Gasteiger partial charge < -0.3 is 10.6 Å². The normalized spacial score (nSPS) is 21.5. The van der Waals surface area contributed by atoms with Gasteiger partial charge in [0.05, 0.1) is 6.54 Å². The van der Waals surface area contributed by atoms with Crippen molar-refractivity contribution < 1.29 is 4.79 Å². The first kappa shape index (κ1) is 11.9. The molecule has 0 spiro atoms. The predicted octanol–water partition coefficient (Wildman–Crippen LogP) is 0.854. The Morgan fingerprint density at radius 3 is 2.93 bits per heavy atom.